The lowest BCUT2D eigenvalue weighted by Crippen LogP contribution is -2.26. The Labute approximate surface area is 120 Å². The molecule has 2 rings (SSSR count). The van der Waals surface area contributed by atoms with Crippen molar-refractivity contribution in [2.45, 2.75) is 26.3 Å². The molecule has 0 aromatic carbocycles. The van der Waals surface area contributed by atoms with Gasteiger partial charge in [-0.3, -0.25) is 0 Å². The fourth-order valence-electron chi connectivity index (χ4n) is 2.29. The van der Waals surface area contributed by atoms with Gasteiger partial charge in [0.1, 0.15) is 5.65 Å². The number of nitrogens with two attached hydrogens (primary N) is 1. The molecule has 5 heteroatoms. The Bertz CT molecular complexity index is 550. The van der Waals surface area contributed by atoms with Crippen LogP contribution in [0.15, 0.2) is 24.4 Å². The van der Waals surface area contributed by atoms with Crippen molar-refractivity contribution in [3.8, 4) is 0 Å². The molecule has 20 heavy (non-hydrogen) atoms. The van der Waals surface area contributed by atoms with E-state index in [0.717, 1.165) is 36.7 Å². The monoisotopic (exact) mass is 276 g/mol. The van der Waals surface area contributed by atoms with Crippen molar-refractivity contribution in [3.05, 3.63) is 30.1 Å². The highest BCUT2D eigenvalue weighted by Gasteiger charge is 2.16. The second-order valence-corrected chi connectivity index (χ2v) is 5.11. The van der Waals surface area contributed by atoms with Crippen molar-refractivity contribution in [2.75, 3.05) is 31.7 Å². The van der Waals surface area contributed by atoms with Crippen LogP contribution in [0.2, 0.25) is 0 Å². The Morgan fingerprint density at radius 2 is 2.25 bits per heavy atom. The highest BCUT2D eigenvalue weighted by atomic mass is 16.5. The topological polar surface area (TPSA) is 55.8 Å². The van der Waals surface area contributed by atoms with Crippen LogP contribution in [0, 0.1) is 0 Å². The second-order valence-electron chi connectivity index (χ2n) is 5.11. The molecule has 0 fully saturated rings. The van der Waals surface area contributed by atoms with Crippen LogP contribution in [0.4, 0.5) is 5.82 Å². The number of anilines is 1. The van der Waals surface area contributed by atoms with Crippen LogP contribution >= 0.6 is 0 Å². The molecular weight excluding hydrogens is 252 g/mol. The van der Waals surface area contributed by atoms with Crippen LogP contribution < -0.4 is 10.6 Å². The molecule has 1 unspecified atom stereocenters. The number of aromatic nitrogens is 2. The zero-order valence-electron chi connectivity index (χ0n) is 12.5. The summed E-state index contributed by atoms with van der Waals surface area (Å²) in [5, 5.41) is 0. The summed E-state index contributed by atoms with van der Waals surface area (Å²) in [7, 11) is 2.05. The Balaban J connectivity index is 2.30. The molecule has 2 aromatic rings. The second kappa shape index (κ2) is 6.72. The zero-order chi connectivity index (χ0) is 14.5. The summed E-state index contributed by atoms with van der Waals surface area (Å²) < 4.78 is 7.54. The Hall–Kier alpha value is -1.59. The predicted molar refractivity (Wildman–Crippen MR) is 82.3 cm³/mol. The van der Waals surface area contributed by atoms with Gasteiger partial charge in [0.15, 0.2) is 5.82 Å². The number of imidazole rings is 1. The molecule has 0 saturated carbocycles. The molecule has 0 bridgehead atoms. The van der Waals surface area contributed by atoms with E-state index >= 15 is 0 Å². The van der Waals surface area contributed by atoms with E-state index in [4.69, 9.17) is 15.5 Å². The maximum Gasteiger partial charge on any atom is 0.151 e. The summed E-state index contributed by atoms with van der Waals surface area (Å²) >= 11 is 0. The highest BCUT2D eigenvalue weighted by Crippen LogP contribution is 2.21. The summed E-state index contributed by atoms with van der Waals surface area (Å²) in [6.45, 7) is 6.30. The molecule has 2 heterocycles. The number of ether oxygens (including phenoxy) is 1. The fourth-order valence-corrected chi connectivity index (χ4v) is 2.29. The standard InChI is InChI=1S/C15H24N4O/c1-4-20-10-9-18(3)15-13(11-12(2)16)19-8-6-5-7-14(19)17-15/h5-8,12H,4,9-11,16H2,1-3H3. The van der Waals surface area contributed by atoms with Gasteiger partial charge in [-0.05, 0) is 26.0 Å². The average Bonchev–Trinajstić information content (AvgIpc) is 2.77. The minimum Gasteiger partial charge on any atom is -0.380 e. The van der Waals surface area contributed by atoms with E-state index < -0.39 is 0 Å². The van der Waals surface area contributed by atoms with Crippen molar-refractivity contribution in [2.24, 2.45) is 5.73 Å². The zero-order valence-corrected chi connectivity index (χ0v) is 12.5. The summed E-state index contributed by atoms with van der Waals surface area (Å²) in [4.78, 5) is 6.86. The number of pyridine rings is 1. The predicted octanol–water partition coefficient (Wildman–Crippen LogP) is 1.70. The normalized spacial score (nSPS) is 12.8. The van der Waals surface area contributed by atoms with Crippen LogP contribution in [-0.2, 0) is 11.2 Å². The number of hydrogen-bond donors (Lipinski definition) is 1. The first-order valence-corrected chi connectivity index (χ1v) is 7.14. The molecule has 0 radical (unpaired) electrons. The Morgan fingerprint density at radius 3 is 2.95 bits per heavy atom. The van der Waals surface area contributed by atoms with Crippen molar-refractivity contribution in [1.29, 1.82) is 0 Å². The van der Waals surface area contributed by atoms with Gasteiger partial charge < -0.3 is 19.8 Å². The van der Waals surface area contributed by atoms with Gasteiger partial charge in [-0.1, -0.05) is 6.07 Å². The van der Waals surface area contributed by atoms with Gasteiger partial charge in [0, 0.05) is 38.9 Å². The average molecular weight is 276 g/mol. The maximum atomic E-state index is 5.98. The smallest absolute Gasteiger partial charge is 0.151 e. The van der Waals surface area contributed by atoms with E-state index in [-0.39, 0.29) is 6.04 Å². The fraction of sp³-hybridized carbons (Fsp3) is 0.533. The number of hydrogen-bond acceptors (Lipinski definition) is 4. The van der Waals surface area contributed by atoms with Gasteiger partial charge >= 0.3 is 0 Å². The summed E-state index contributed by atoms with van der Waals surface area (Å²) in [6.07, 6.45) is 2.85. The van der Waals surface area contributed by atoms with Crippen LogP contribution in [0.5, 0.6) is 0 Å². The third-order valence-corrected chi connectivity index (χ3v) is 3.26. The largest absolute Gasteiger partial charge is 0.380 e. The Kier molecular flexibility index (Phi) is 4.98. The third kappa shape index (κ3) is 3.29. The molecule has 0 amide bonds. The molecule has 0 aliphatic rings. The molecule has 0 aliphatic heterocycles. The molecule has 110 valence electrons. The van der Waals surface area contributed by atoms with Crippen LogP contribution in [0.3, 0.4) is 0 Å². The van der Waals surface area contributed by atoms with Crippen molar-refractivity contribution in [3.63, 3.8) is 0 Å². The lowest BCUT2D eigenvalue weighted by molar-refractivity contribution is 0.154. The lowest BCUT2D eigenvalue weighted by Gasteiger charge is -2.19. The van der Waals surface area contributed by atoms with Crippen LogP contribution in [-0.4, -0.2) is 42.2 Å². The number of rotatable bonds is 7. The van der Waals surface area contributed by atoms with Crippen molar-refractivity contribution < 1.29 is 4.74 Å². The molecule has 0 spiro atoms. The molecule has 5 nitrogen and oxygen atoms in total. The van der Waals surface area contributed by atoms with E-state index in [1.165, 1.54) is 0 Å². The molecule has 0 aliphatic carbocycles. The summed E-state index contributed by atoms with van der Waals surface area (Å²) in [5.74, 6) is 0.994. The summed E-state index contributed by atoms with van der Waals surface area (Å²) in [5.41, 5.74) is 8.10. The van der Waals surface area contributed by atoms with Gasteiger partial charge in [0.25, 0.3) is 0 Å². The van der Waals surface area contributed by atoms with E-state index in [9.17, 15) is 0 Å². The van der Waals surface area contributed by atoms with Gasteiger partial charge in [-0.25, -0.2) is 4.98 Å². The van der Waals surface area contributed by atoms with Gasteiger partial charge in [-0.15, -0.1) is 0 Å². The number of likely N-dealkylation sites (N-methyl/N-ethyl adjacent to an activating group) is 1. The minimum absolute atomic E-state index is 0.106. The van der Waals surface area contributed by atoms with E-state index in [1.54, 1.807) is 0 Å². The molecule has 1 atom stereocenters. The molecular formula is C15H24N4O. The van der Waals surface area contributed by atoms with E-state index in [2.05, 4.69) is 9.30 Å². The molecule has 0 saturated heterocycles. The first-order valence-electron chi connectivity index (χ1n) is 7.14. The SMILES string of the molecule is CCOCCN(C)c1nc2ccccn2c1CC(C)N. The Morgan fingerprint density at radius 1 is 1.45 bits per heavy atom. The quantitative estimate of drug-likeness (QED) is 0.782. The minimum atomic E-state index is 0.106. The molecule has 2 aromatic heterocycles. The van der Waals surface area contributed by atoms with Crippen LogP contribution in [0.25, 0.3) is 5.65 Å². The van der Waals surface area contributed by atoms with Crippen molar-refractivity contribution >= 4 is 11.5 Å². The molecule has 2 N–H and O–H groups in total. The van der Waals surface area contributed by atoms with Crippen LogP contribution in [0.1, 0.15) is 19.5 Å². The highest BCUT2D eigenvalue weighted by molar-refractivity contribution is 5.55. The van der Waals surface area contributed by atoms with E-state index in [0.29, 0.717) is 6.61 Å². The van der Waals surface area contributed by atoms with Gasteiger partial charge in [0.2, 0.25) is 0 Å². The van der Waals surface area contributed by atoms with Crippen molar-refractivity contribution in [1.82, 2.24) is 9.38 Å². The first kappa shape index (κ1) is 14.8. The summed E-state index contributed by atoms with van der Waals surface area (Å²) in [6, 6.07) is 6.14. The third-order valence-electron chi connectivity index (χ3n) is 3.26. The first-order chi connectivity index (χ1) is 9.63. The number of fused-ring (bicyclic) bond motifs is 1. The lowest BCUT2D eigenvalue weighted by atomic mass is 10.2. The van der Waals surface area contributed by atoms with E-state index in [1.807, 2.05) is 45.3 Å². The maximum absolute atomic E-state index is 5.98. The number of nitrogens with zero attached hydrogens (tertiary/aromatic N) is 3. The van der Waals surface area contributed by atoms with Gasteiger partial charge in [0.05, 0.1) is 12.3 Å². The van der Waals surface area contributed by atoms with Gasteiger partial charge in [-0.2, -0.15) is 0 Å².